The van der Waals surface area contributed by atoms with E-state index in [1.54, 1.807) is 32.8 Å². The molecule has 3 heterocycles. The van der Waals surface area contributed by atoms with E-state index < -0.39 is 22.3 Å². The van der Waals surface area contributed by atoms with Crippen LogP contribution in [-0.2, 0) is 4.79 Å². The van der Waals surface area contributed by atoms with Gasteiger partial charge in [0, 0.05) is 62.3 Å². The molecular weight excluding hydrogens is 459 g/mol. The Morgan fingerprint density at radius 2 is 2.03 bits per heavy atom. The van der Waals surface area contributed by atoms with Gasteiger partial charge in [-0.3, -0.25) is 19.7 Å². The predicted molar refractivity (Wildman–Crippen MR) is 126 cm³/mol. The first-order chi connectivity index (χ1) is 16.5. The number of likely N-dealkylation sites (tertiary alicyclic amines) is 1. The van der Waals surface area contributed by atoms with E-state index in [9.17, 15) is 28.9 Å². The van der Waals surface area contributed by atoms with Gasteiger partial charge in [0.05, 0.1) is 21.7 Å². The zero-order chi connectivity index (χ0) is 25.6. The largest absolute Gasteiger partial charge is 0.358 e. The second-order valence-electron chi connectivity index (χ2n) is 8.86. The third-order valence-electron chi connectivity index (χ3n) is 6.24. The van der Waals surface area contributed by atoms with Gasteiger partial charge in [0.2, 0.25) is 5.82 Å². The summed E-state index contributed by atoms with van der Waals surface area (Å²) in [6.45, 7) is 4.41. The number of aromatic amines is 1. The Morgan fingerprint density at radius 3 is 2.69 bits per heavy atom. The summed E-state index contributed by atoms with van der Waals surface area (Å²) in [6, 6.07) is 1.64. The number of rotatable bonds is 4. The molecule has 2 aliphatic rings. The van der Waals surface area contributed by atoms with Crippen molar-refractivity contribution in [2.75, 3.05) is 32.5 Å². The van der Waals surface area contributed by atoms with Crippen LogP contribution < -0.4 is 10.6 Å². The maximum Gasteiger partial charge on any atom is 0.319 e. The van der Waals surface area contributed by atoms with Crippen molar-refractivity contribution in [1.29, 1.82) is 0 Å². The van der Waals surface area contributed by atoms with Gasteiger partial charge >= 0.3 is 11.7 Å². The summed E-state index contributed by atoms with van der Waals surface area (Å²) in [5.74, 6) is -1.88. The summed E-state index contributed by atoms with van der Waals surface area (Å²) in [5, 5.41) is 16.6. The average molecular weight is 484 g/mol. The van der Waals surface area contributed by atoms with Crippen LogP contribution in [0, 0.1) is 29.8 Å². The lowest BCUT2D eigenvalue weighted by molar-refractivity contribution is -0.387. The molecule has 3 N–H and O–H groups in total. The van der Waals surface area contributed by atoms with Crippen LogP contribution in [0.15, 0.2) is 12.1 Å². The molecule has 4 rings (SSSR count). The standard InChI is InChI=1S/C23H25FN6O5/c1-11-17(7-15-14-8-19(30(34)35)16(24)9-18(14)27-21(15)31)25-12(2)20(11)22(32)26-13-5-6-29(10-13)23(33)28(3)4/h7-9,13,25H,5-6,10H2,1-4H3,(H,26,32)(H,27,31)/b15-7-/t13-/m0/s1. The quantitative estimate of drug-likeness (QED) is 0.348. The summed E-state index contributed by atoms with van der Waals surface area (Å²) < 4.78 is 14.0. The molecule has 4 amide bonds. The number of fused-ring (bicyclic) bond motifs is 1. The summed E-state index contributed by atoms with van der Waals surface area (Å²) in [5.41, 5.74) is 1.79. The molecule has 0 aliphatic carbocycles. The van der Waals surface area contributed by atoms with Crippen molar-refractivity contribution in [3.8, 4) is 0 Å². The number of hydrogen-bond donors (Lipinski definition) is 3. The van der Waals surface area contributed by atoms with Crippen LogP contribution in [0.5, 0.6) is 0 Å². The molecule has 2 aromatic rings. The lowest BCUT2D eigenvalue weighted by Crippen LogP contribution is -2.41. The Morgan fingerprint density at radius 1 is 1.31 bits per heavy atom. The van der Waals surface area contributed by atoms with Gasteiger partial charge in [0.15, 0.2) is 0 Å². The number of hydrogen-bond acceptors (Lipinski definition) is 5. The first kappa shape index (κ1) is 23.9. The van der Waals surface area contributed by atoms with E-state index in [2.05, 4.69) is 15.6 Å². The highest BCUT2D eigenvalue weighted by molar-refractivity contribution is 6.35. The number of nitrogens with one attached hydrogen (secondary N) is 3. The molecule has 1 fully saturated rings. The van der Waals surface area contributed by atoms with Crippen LogP contribution >= 0.6 is 0 Å². The van der Waals surface area contributed by atoms with E-state index in [-0.39, 0.29) is 34.8 Å². The van der Waals surface area contributed by atoms with E-state index in [1.807, 2.05) is 0 Å². The molecular formula is C23H25FN6O5. The number of carbonyl (C=O) groups excluding carboxylic acids is 3. The fourth-order valence-electron chi connectivity index (χ4n) is 4.48. The van der Waals surface area contributed by atoms with Crippen LogP contribution in [-0.4, -0.2) is 70.8 Å². The van der Waals surface area contributed by atoms with Crippen LogP contribution in [0.4, 0.5) is 20.6 Å². The molecule has 184 valence electrons. The summed E-state index contributed by atoms with van der Waals surface area (Å²) in [4.78, 5) is 54.3. The molecule has 0 bridgehead atoms. The van der Waals surface area contributed by atoms with Gasteiger partial charge in [0.1, 0.15) is 0 Å². The summed E-state index contributed by atoms with van der Waals surface area (Å²) >= 11 is 0. The Labute approximate surface area is 200 Å². The van der Waals surface area contributed by atoms with E-state index in [0.29, 0.717) is 42.0 Å². The number of benzene rings is 1. The number of halogens is 1. The average Bonchev–Trinajstić information content (AvgIpc) is 3.43. The molecule has 0 unspecified atom stereocenters. The molecule has 11 nitrogen and oxygen atoms in total. The number of nitro benzene ring substituents is 1. The SMILES string of the molecule is Cc1[nH]c(/C=C2\C(=O)Nc3cc(F)c([N+](=O)[O-])cc32)c(C)c1C(=O)N[C@H]1CCN(C(=O)N(C)C)C1. The van der Waals surface area contributed by atoms with Crippen molar-refractivity contribution in [3.05, 3.63) is 56.1 Å². The van der Waals surface area contributed by atoms with Crippen molar-refractivity contribution in [2.24, 2.45) is 0 Å². The number of anilines is 1. The minimum absolute atomic E-state index is 0.111. The van der Waals surface area contributed by atoms with Crippen LogP contribution in [0.2, 0.25) is 0 Å². The molecule has 2 aliphatic heterocycles. The first-order valence-corrected chi connectivity index (χ1v) is 11.0. The maximum absolute atomic E-state index is 14.0. The minimum atomic E-state index is -1.04. The molecule has 1 saturated heterocycles. The van der Waals surface area contributed by atoms with Crippen molar-refractivity contribution >= 4 is 40.9 Å². The Hall–Kier alpha value is -4.22. The number of nitrogens with zero attached hydrogens (tertiary/aromatic N) is 3. The predicted octanol–water partition coefficient (Wildman–Crippen LogP) is 2.66. The third-order valence-corrected chi connectivity index (χ3v) is 6.24. The Kier molecular flexibility index (Phi) is 6.05. The van der Waals surface area contributed by atoms with Crippen LogP contribution in [0.1, 0.15) is 39.3 Å². The minimum Gasteiger partial charge on any atom is -0.358 e. The molecule has 1 atom stereocenters. The summed E-state index contributed by atoms with van der Waals surface area (Å²) in [6.07, 6.45) is 2.13. The molecule has 0 saturated carbocycles. The van der Waals surface area contributed by atoms with Gasteiger partial charge in [-0.2, -0.15) is 4.39 Å². The molecule has 1 aromatic carbocycles. The fourth-order valence-corrected chi connectivity index (χ4v) is 4.48. The van der Waals surface area contributed by atoms with Crippen LogP contribution in [0.3, 0.4) is 0 Å². The summed E-state index contributed by atoms with van der Waals surface area (Å²) in [7, 11) is 3.35. The van der Waals surface area contributed by atoms with Gasteiger partial charge in [0.25, 0.3) is 11.8 Å². The van der Waals surface area contributed by atoms with E-state index >= 15 is 0 Å². The topological polar surface area (TPSA) is 141 Å². The molecule has 0 spiro atoms. The normalized spacial score (nSPS) is 18.0. The first-order valence-electron chi connectivity index (χ1n) is 11.0. The number of nitro groups is 1. The zero-order valence-corrected chi connectivity index (χ0v) is 19.7. The molecule has 1 aromatic heterocycles. The Balaban J connectivity index is 1.59. The Bertz CT molecular complexity index is 1300. The molecule has 0 radical (unpaired) electrons. The number of aryl methyl sites for hydroxylation is 1. The fraction of sp³-hybridized carbons (Fsp3) is 0.348. The van der Waals surface area contributed by atoms with Gasteiger partial charge in [-0.05, 0) is 31.9 Å². The van der Waals surface area contributed by atoms with E-state index in [1.165, 1.54) is 11.0 Å². The second kappa shape index (κ2) is 8.85. The monoisotopic (exact) mass is 484 g/mol. The van der Waals surface area contributed by atoms with E-state index in [0.717, 1.165) is 12.1 Å². The van der Waals surface area contributed by atoms with Gasteiger partial charge < -0.3 is 25.4 Å². The van der Waals surface area contributed by atoms with Crippen molar-refractivity contribution in [1.82, 2.24) is 20.1 Å². The van der Waals surface area contributed by atoms with Gasteiger partial charge in [-0.25, -0.2) is 4.79 Å². The van der Waals surface area contributed by atoms with Gasteiger partial charge in [-0.15, -0.1) is 0 Å². The van der Waals surface area contributed by atoms with Crippen molar-refractivity contribution < 1.29 is 23.7 Å². The van der Waals surface area contributed by atoms with Crippen molar-refractivity contribution in [2.45, 2.75) is 26.3 Å². The van der Waals surface area contributed by atoms with E-state index in [4.69, 9.17) is 0 Å². The second-order valence-corrected chi connectivity index (χ2v) is 8.86. The lowest BCUT2D eigenvalue weighted by Gasteiger charge is -2.21. The number of amides is 4. The number of aromatic nitrogens is 1. The van der Waals surface area contributed by atoms with Crippen molar-refractivity contribution in [3.63, 3.8) is 0 Å². The van der Waals surface area contributed by atoms with Gasteiger partial charge in [-0.1, -0.05) is 0 Å². The number of H-pyrrole nitrogens is 1. The highest BCUT2D eigenvalue weighted by atomic mass is 19.1. The highest BCUT2D eigenvalue weighted by Crippen LogP contribution is 2.37. The lowest BCUT2D eigenvalue weighted by atomic mass is 10.0. The molecule has 12 heteroatoms. The maximum atomic E-state index is 14.0. The highest BCUT2D eigenvalue weighted by Gasteiger charge is 2.31. The zero-order valence-electron chi connectivity index (χ0n) is 19.7. The number of urea groups is 1. The third kappa shape index (κ3) is 4.34. The number of carbonyl (C=O) groups is 3. The molecule has 35 heavy (non-hydrogen) atoms. The smallest absolute Gasteiger partial charge is 0.319 e. The van der Waals surface area contributed by atoms with Crippen LogP contribution in [0.25, 0.3) is 11.6 Å².